The monoisotopic (exact) mass is 384 g/mol. The third-order valence-electron chi connectivity index (χ3n) is 3.07. The van der Waals surface area contributed by atoms with Crippen LogP contribution in [0.15, 0.2) is 41.4 Å². The normalized spacial score (nSPS) is 11.2. The molecule has 0 bridgehead atoms. The molecule has 0 aliphatic rings. The van der Waals surface area contributed by atoms with Crippen molar-refractivity contribution < 1.29 is 18.0 Å². The molecule has 0 aliphatic carbocycles. The average Bonchev–Trinajstić information content (AvgIpc) is 2.55. The number of pyridine rings is 1. The number of amides is 1. The Hall–Kier alpha value is -2.20. The number of nitrogens with zero attached hydrogens (tertiary/aromatic N) is 1. The lowest BCUT2D eigenvalue weighted by Gasteiger charge is -2.12. The second-order valence-electron chi connectivity index (χ2n) is 4.81. The first-order chi connectivity index (χ1) is 11.9. The third-order valence-corrected chi connectivity index (χ3v) is 5.09. The van der Waals surface area contributed by atoms with Gasteiger partial charge >= 0.3 is 0 Å². The molecule has 1 heterocycles. The summed E-state index contributed by atoms with van der Waals surface area (Å²) in [5.74, 6) is -0.203. The fraction of sp³-hybridized carbons (Fsp3) is 0.200. The molecule has 3 N–H and O–H groups in total. The second kappa shape index (κ2) is 8.26. The van der Waals surface area contributed by atoms with Gasteiger partial charge in [-0.15, -0.1) is 0 Å². The van der Waals surface area contributed by atoms with E-state index in [1.807, 2.05) is 0 Å². The van der Waals surface area contributed by atoms with E-state index >= 15 is 0 Å². The van der Waals surface area contributed by atoms with Gasteiger partial charge in [0.15, 0.2) is 0 Å². The van der Waals surface area contributed by atoms with Gasteiger partial charge in [0.25, 0.3) is 5.91 Å². The highest BCUT2D eigenvalue weighted by Gasteiger charge is 2.18. The standard InChI is InChI=1S/C15H17ClN4O4S/c1-3-18-25(22,23)13-7-6-10(9-12(13)16)19-14-11(5-4-8-17-14)15(21)20-24-2/h4-9,18H,3H2,1-2H3,(H,17,19)(H,20,21). The van der Waals surface area contributed by atoms with E-state index in [2.05, 4.69) is 25.3 Å². The summed E-state index contributed by atoms with van der Waals surface area (Å²) in [4.78, 5) is 20.6. The first-order valence-electron chi connectivity index (χ1n) is 7.23. The predicted octanol–water partition coefficient (Wildman–Crippen LogP) is 2.07. The number of anilines is 2. The molecule has 8 nitrogen and oxygen atoms in total. The number of carbonyl (C=O) groups is 1. The van der Waals surface area contributed by atoms with E-state index in [4.69, 9.17) is 11.6 Å². The van der Waals surface area contributed by atoms with Crippen LogP contribution in [0.3, 0.4) is 0 Å². The van der Waals surface area contributed by atoms with Crippen molar-refractivity contribution in [3.8, 4) is 0 Å². The summed E-state index contributed by atoms with van der Waals surface area (Å²) >= 11 is 6.09. The Morgan fingerprint density at radius 3 is 2.72 bits per heavy atom. The van der Waals surface area contributed by atoms with Crippen LogP contribution in [0.5, 0.6) is 0 Å². The minimum atomic E-state index is -3.67. The van der Waals surface area contributed by atoms with Crippen LogP contribution in [-0.2, 0) is 14.9 Å². The zero-order valence-corrected chi connectivity index (χ0v) is 15.1. The van der Waals surface area contributed by atoms with Crippen molar-refractivity contribution in [2.24, 2.45) is 0 Å². The molecule has 0 spiro atoms. The zero-order chi connectivity index (χ0) is 18.4. The summed E-state index contributed by atoms with van der Waals surface area (Å²) in [6.45, 7) is 1.93. The Balaban J connectivity index is 2.31. The largest absolute Gasteiger partial charge is 0.340 e. The number of hydrogen-bond donors (Lipinski definition) is 3. The number of halogens is 1. The molecule has 0 saturated heterocycles. The van der Waals surface area contributed by atoms with E-state index in [1.165, 1.54) is 31.5 Å². The van der Waals surface area contributed by atoms with Crippen molar-refractivity contribution in [1.29, 1.82) is 0 Å². The average molecular weight is 385 g/mol. The number of sulfonamides is 1. The van der Waals surface area contributed by atoms with Crippen LogP contribution >= 0.6 is 11.6 Å². The van der Waals surface area contributed by atoms with Gasteiger partial charge in [0.2, 0.25) is 10.0 Å². The molecular formula is C15H17ClN4O4S. The summed E-state index contributed by atoms with van der Waals surface area (Å²) in [5.41, 5.74) is 2.94. The molecule has 10 heteroatoms. The molecule has 0 atom stereocenters. The van der Waals surface area contributed by atoms with Gasteiger partial charge < -0.3 is 5.32 Å². The van der Waals surface area contributed by atoms with Crippen molar-refractivity contribution >= 4 is 39.0 Å². The quantitative estimate of drug-likeness (QED) is 0.630. The van der Waals surface area contributed by atoms with Crippen LogP contribution in [0, 0.1) is 0 Å². The Morgan fingerprint density at radius 2 is 2.08 bits per heavy atom. The Morgan fingerprint density at radius 1 is 1.32 bits per heavy atom. The molecule has 1 aromatic heterocycles. The smallest absolute Gasteiger partial charge is 0.278 e. The zero-order valence-electron chi connectivity index (χ0n) is 13.5. The molecule has 2 aromatic rings. The lowest BCUT2D eigenvalue weighted by molar-refractivity contribution is 0.0538. The maximum atomic E-state index is 12.0. The first kappa shape index (κ1) is 19.1. The van der Waals surface area contributed by atoms with E-state index in [0.29, 0.717) is 5.69 Å². The summed E-state index contributed by atoms with van der Waals surface area (Å²) < 4.78 is 26.5. The van der Waals surface area contributed by atoms with Gasteiger partial charge in [-0.25, -0.2) is 23.6 Å². The summed E-state index contributed by atoms with van der Waals surface area (Å²) in [6, 6.07) is 7.52. The van der Waals surface area contributed by atoms with Crippen molar-refractivity contribution in [2.75, 3.05) is 19.0 Å². The van der Waals surface area contributed by atoms with Crippen molar-refractivity contribution in [3.05, 3.63) is 47.1 Å². The predicted molar refractivity (Wildman–Crippen MR) is 94.3 cm³/mol. The van der Waals surface area contributed by atoms with Crippen LogP contribution in [0.2, 0.25) is 5.02 Å². The van der Waals surface area contributed by atoms with Crippen molar-refractivity contribution in [3.63, 3.8) is 0 Å². The maximum Gasteiger partial charge on any atom is 0.278 e. The maximum absolute atomic E-state index is 12.0. The first-order valence-corrected chi connectivity index (χ1v) is 9.09. The van der Waals surface area contributed by atoms with Crippen LogP contribution < -0.4 is 15.5 Å². The highest BCUT2D eigenvalue weighted by Crippen LogP contribution is 2.27. The van der Waals surface area contributed by atoms with Gasteiger partial charge in [0.1, 0.15) is 10.7 Å². The molecule has 134 valence electrons. The van der Waals surface area contributed by atoms with E-state index in [1.54, 1.807) is 19.1 Å². The van der Waals surface area contributed by atoms with Crippen LogP contribution in [0.4, 0.5) is 11.5 Å². The lowest BCUT2D eigenvalue weighted by Crippen LogP contribution is -2.23. The van der Waals surface area contributed by atoms with Gasteiger partial charge in [0, 0.05) is 18.4 Å². The highest BCUT2D eigenvalue weighted by molar-refractivity contribution is 7.89. The molecule has 0 saturated carbocycles. The number of hydroxylamine groups is 1. The van der Waals surface area contributed by atoms with Gasteiger partial charge in [-0.2, -0.15) is 0 Å². The highest BCUT2D eigenvalue weighted by atomic mass is 35.5. The topological polar surface area (TPSA) is 109 Å². The van der Waals surface area contributed by atoms with Gasteiger partial charge in [0.05, 0.1) is 17.7 Å². The van der Waals surface area contributed by atoms with Gasteiger partial charge in [-0.3, -0.25) is 9.63 Å². The van der Waals surface area contributed by atoms with Crippen LogP contribution in [-0.4, -0.2) is 33.0 Å². The van der Waals surface area contributed by atoms with Crippen LogP contribution in [0.25, 0.3) is 0 Å². The summed E-state index contributed by atoms with van der Waals surface area (Å²) in [5, 5.41) is 2.98. The Labute approximate surface area is 150 Å². The molecule has 2 rings (SSSR count). The SMILES string of the molecule is CCNS(=O)(=O)c1ccc(Nc2ncccc2C(=O)NOC)cc1Cl. The molecule has 0 unspecified atom stereocenters. The molecule has 1 amide bonds. The summed E-state index contributed by atoms with van der Waals surface area (Å²) in [7, 11) is -2.34. The Kier molecular flexibility index (Phi) is 6.32. The lowest BCUT2D eigenvalue weighted by atomic mass is 10.2. The molecule has 25 heavy (non-hydrogen) atoms. The van der Waals surface area contributed by atoms with Crippen LogP contribution in [0.1, 0.15) is 17.3 Å². The number of hydrogen-bond acceptors (Lipinski definition) is 6. The molecule has 0 fully saturated rings. The Bertz CT molecular complexity index is 874. The number of carbonyl (C=O) groups excluding carboxylic acids is 1. The van der Waals surface area contributed by atoms with E-state index < -0.39 is 15.9 Å². The van der Waals surface area contributed by atoms with Crippen molar-refractivity contribution in [1.82, 2.24) is 15.2 Å². The van der Waals surface area contributed by atoms with E-state index in [-0.39, 0.29) is 27.8 Å². The third kappa shape index (κ3) is 4.67. The molecule has 0 radical (unpaired) electrons. The fourth-order valence-electron chi connectivity index (χ4n) is 2.04. The molecular weight excluding hydrogens is 368 g/mol. The minimum absolute atomic E-state index is 0.0278. The second-order valence-corrected chi connectivity index (χ2v) is 6.95. The fourth-order valence-corrected chi connectivity index (χ4v) is 3.62. The van der Waals surface area contributed by atoms with E-state index in [9.17, 15) is 13.2 Å². The van der Waals surface area contributed by atoms with Gasteiger partial charge in [-0.05, 0) is 30.3 Å². The van der Waals surface area contributed by atoms with Gasteiger partial charge in [-0.1, -0.05) is 18.5 Å². The number of rotatable bonds is 7. The number of benzene rings is 1. The van der Waals surface area contributed by atoms with E-state index in [0.717, 1.165) is 0 Å². The number of aromatic nitrogens is 1. The molecule has 1 aromatic carbocycles. The number of nitrogens with one attached hydrogen (secondary N) is 3. The minimum Gasteiger partial charge on any atom is -0.340 e. The van der Waals surface area contributed by atoms with Crippen molar-refractivity contribution in [2.45, 2.75) is 11.8 Å². The molecule has 0 aliphatic heterocycles. The summed E-state index contributed by atoms with van der Waals surface area (Å²) in [6.07, 6.45) is 1.51.